The standard InChI is InChI=1S/C10H20O/c1-7(2)10(8(3)4)6-9(5)11-10/h7-9H,6H2,1-5H3/t9-/m1/s1. The van der Waals surface area contributed by atoms with E-state index >= 15 is 0 Å². The van der Waals surface area contributed by atoms with Crippen LogP contribution in [0.3, 0.4) is 0 Å². The van der Waals surface area contributed by atoms with Crippen molar-refractivity contribution in [1.82, 2.24) is 0 Å². The van der Waals surface area contributed by atoms with Gasteiger partial charge in [0.25, 0.3) is 0 Å². The first-order valence-electron chi connectivity index (χ1n) is 4.67. The van der Waals surface area contributed by atoms with Gasteiger partial charge < -0.3 is 4.74 Å². The van der Waals surface area contributed by atoms with Crippen molar-refractivity contribution in [2.75, 3.05) is 0 Å². The molecule has 1 aliphatic rings. The number of rotatable bonds is 2. The Hall–Kier alpha value is -0.0400. The fourth-order valence-electron chi connectivity index (χ4n) is 2.22. The first-order valence-corrected chi connectivity index (χ1v) is 4.67. The number of hydrogen-bond donors (Lipinski definition) is 0. The van der Waals surface area contributed by atoms with Crippen LogP contribution in [0, 0.1) is 11.8 Å². The average molecular weight is 156 g/mol. The molecular formula is C10H20O. The first-order chi connectivity index (χ1) is 4.99. The Morgan fingerprint density at radius 2 is 1.55 bits per heavy atom. The molecule has 1 nitrogen and oxygen atoms in total. The number of hydrogen-bond acceptors (Lipinski definition) is 1. The molecule has 11 heavy (non-hydrogen) atoms. The molecular weight excluding hydrogens is 136 g/mol. The van der Waals surface area contributed by atoms with E-state index in [9.17, 15) is 0 Å². The van der Waals surface area contributed by atoms with Gasteiger partial charge in [-0.25, -0.2) is 0 Å². The van der Waals surface area contributed by atoms with Crippen LogP contribution in [0.4, 0.5) is 0 Å². The first kappa shape index (κ1) is 9.05. The van der Waals surface area contributed by atoms with Gasteiger partial charge in [0, 0.05) is 6.42 Å². The highest BCUT2D eigenvalue weighted by Gasteiger charge is 2.47. The molecule has 0 unspecified atom stereocenters. The van der Waals surface area contributed by atoms with E-state index in [1.807, 2.05) is 0 Å². The summed E-state index contributed by atoms with van der Waals surface area (Å²) in [5, 5.41) is 0. The largest absolute Gasteiger partial charge is 0.371 e. The van der Waals surface area contributed by atoms with Crippen LogP contribution in [0.2, 0.25) is 0 Å². The molecule has 1 fully saturated rings. The Morgan fingerprint density at radius 1 is 1.18 bits per heavy atom. The second kappa shape index (κ2) is 2.78. The molecule has 0 aliphatic carbocycles. The highest BCUT2D eigenvalue weighted by Crippen LogP contribution is 2.44. The zero-order valence-electron chi connectivity index (χ0n) is 8.35. The summed E-state index contributed by atoms with van der Waals surface area (Å²) in [6.07, 6.45) is 1.72. The van der Waals surface area contributed by atoms with Gasteiger partial charge in [0.05, 0.1) is 11.7 Å². The van der Waals surface area contributed by atoms with E-state index in [-0.39, 0.29) is 5.60 Å². The molecule has 0 saturated carbocycles. The van der Waals surface area contributed by atoms with Crippen molar-refractivity contribution in [1.29, 1.82) is 0 Å². The zero-order valence-corrected chi connectivity index (χ0v) is 8.35. The van der Waals surface area contributed by atoms with Gasteiger partial charge in [-0.2, -0.15) is 0 Å². The zero-order chi connectivity index (χ0) is 8.65. The van der Waals surface area contributed by atoms with Crippen molar-refractivity contribution in [2.45, 2.75) is 52.7 Å². The lowest BCUT2D eigenvalue weighted by Gasteiger charge is -2.52. The monoisotopic (exact) mass is 156 g/mol. The molecule has 0 bridgehead atoms. The molecule has 1 heterocycles. The fraction of sp³-hybridized carbons (Fsp3) is 1.00. The Morgan fingerprint density at radius 3 is 1.64 bits per heavy atom. The van der Waals surface area contributed by atoms with Gasteiger partial charge in [0.15, 0.2) is 0 Å². The van der Waals surface area contributed by atoms with E-state index in [1.54, 1.807) is 0 Å². The lowest BCUT2D eigenvalue weighted by molar-refractivity contribution is -0.243. The molecule has 1 saturated heterocycles. The molecule has 1 aliphatic heterocycles. The molecule has 1 atom stereocenters. The Kier molecular flexibility index (Phi) is 2.29. The van der Waals surface area contributed by atoms with Gasteiger partial charge in [0.2, 0.25) is 0 Å². The van der Waals surface area contributed by atoms with E-state index in [0.717, 1.165) is 0 Å². The molecule has 0 amide bonds. The molecule has 0 aromatic carbocycles. The summed E-state index contributed by atoms with van der Waals surface area (Å²) in [5.41, 5.74) is 0.194. The van der Waals surface area contributed by atoms with E-state index in [2.05, 4.69) is 34.6 Å². The summed E-state index contributed by atoms with van der Waals surface area (Å²) in [7, 11) is 0. The van der Waals surface area contributed by atoms with E-state index < -0.39 is 0 Å². The summed E-state index contributed by atoms with van der Waals surface area (Å²) in [6, 6.07) is 0. The SMILES string of the molecule is CC(C)C1(C(C)C)C[C@@H](C)O1. The van der Waals surface area contributed by atoms with Crippen LogP contribution < -0.4 is 0 Å². The van der Waals surface area contributed by atoms with Gasteiger partial charge in [-0.15, -0.1) is 0 Å². The summed E-state index contributed by atoms with van der Waals surface area (Å²) >= 11 is 0. The molecule has 1 heteroatoms. The van der Waals surface area contributed by atoms with Gasteiger partial charge in [0.1, 0.15) is 0 Å². The molecule has 0 N–H and O–H groups in total. The second-order valence-corrected chi connectivity index (χ2v) is 4.40. The van der Waals surface area contributed by atoms with Gasteiger partial charge in [-0.1, -0.05) is 27.7 Å². The predicted molar refractivity (Wildman–Crippen MR) is 47.6 cm³/mol. The second-order valence-electron chi connectivity index (χ2n) is 4.40. The predicted octanol–water partition coefficient (Wildman–Crippen LogP) is 2.85. The van der Waals surface area contributed by atoms with Crippen molar-refractivity contribution in [3.63, 3.8) is 0 Å². The molecule has 0 aromatic rings. The third-order valence-electron chi connectivity index (χ3n) is 2.98. The van der Waals surface area contributed by atoms with E-state index in [4.69, 9.17) is 4.74 Å². The quantitative estimate of drug-likeness (QED) is 0.597. The topological polar surface area (TPSA) is 9.23 Å². The molecule has 0 spiro atoms. The van der Waals surface area contributed by atoms with Crippen LogP contribution in [0.15, 0.2) is 0 Å². The maximum Gasteiger partial charge on any atom is 0.0756 e. The average Bonchev–Trinajstić information content (AvgIpc) is 1.78. The van der Waals surface area contributed by atoms with E-state index in [1.165, 1.54) is 6.42 Å². The fourth-order valence-corrected chi connectivity index (χ4v) is 2.22. The molecule has 66 valence electrons. The highest BCUT2D eigenvalue weighted by molar-refractivity contribution is 4.96. The minimum absolute atomic E-state index is 0.194. The lowest BCUT2D eigenvalue weighted by Crippen LogP contribution is -2.56. The Bertz CT molecular complexity index is 122. The van der Waals surface area contributed by atoms with Crippen LogP contribution in [0.1, 0.15) is 41.0 Å². The lowest BCUT2D eigenvalue weighted by atomic mass is 9.72. The summed E-state index contributed by atoms with van der Waals surface area (Å²) < 4.78 is 5.85. The van der Waals surface area contributed by atoms with Gasteiger partial charge in [-0.3, -0.25) is 0 Å². The Balaban J connectivity index is 2.61. The molecule has 0 aromatic heterocycles. The van der Waals surface area contributed by atoms with Crippen molar-refractivity contribution in [3.05, 3.63) is 0 Å². The van der Waals surface area contributed by atoms with Crippen LogP contribution in [-0.4, -0.2) is 11.7 Å². The third kappa shape index (κ3) is 1.31. The van der Waals surface area contributed by atoms with Crippen LogP contribution in [0.5, 0.6) is 0 Å². The summed E-state index contributed by atoms with van der Waals surface area (Å²) in [6.45, 7) is 11.2. The minimum atomic E-state index is 0.194. The van der Waals surface area contributed by atoms with E-state index in [0.29, 0.717) is 17.9 Å². The highest BCUT2D eigenvalue weighted by atomic mass is 16.5. The summed E-state index contributed by atoms with van der Waals surface area (Å²) in [4.78, 5) is 0. The van der Waals surface area contributed by atoms with Crippen molar-refractivity contribution in [3.8, 4) is 0 Å². The number of ether oxygens (including phenoxy) is 1. The summed E-state index contributed by atoms with van der Waals surface area (Å²) in [5.74, 6) is 1.30. The van der Waals surface area contributed by atoms with Crippen molar-refractivity contribution < 1.29 is 4.74 Å². The molecule has 0 radical (unpaired) electrons. The van der Waals surface area contributed by atoms with Crippen LogP contribution in [0.25, 0.3) is 0 Å². The van der Waals surface area contributed by atoms with Gasteiger partial charge in [-0.05, 0) is 18.8 Å². The van der Waals surface area contributed by atoms with Crippen molar-refractivity contribution in [2.24, 2.45) is 11.8 Å². The maximum atomic E-state index is 5.85. The van der Waals surface area contributed by atoms with Crippen molar-refractivity contribution >= 4 is 0 Å². The third-order valence-corrected chi connectivity index (χ3v) is 2.98. The maximum absolute atomic E-state index is 5.85. The smallest absolute Gasteiger partial charge is 0.0756 e. The van der Waals surface area contributed by atoms with Crippen LogP contribution >= 0.6 is 0 Å². The molecule has 1 rings (SSSR count). The van der Waals surface area contributed by atoms with Gasteiger partial charge >= 0.3 is 0 Å². The minimum Gasteiger partial charge on any atom is -0.371 e. The normalized spacial score (nSPS) is 29.2. The Labute approximate surface area is 70.1 Å². The van der Waals surface area contributed by atoms with Crippen LogP contribution in [-0.2, 0) is 4.74 Å².